The van der Waals surface area contributed by atoms with Crippen molar-refractivity contribution in [3.05, 3.63) is 100 Å². The number of hydrazine groups is 1. The molecular formula is C56H67F10N9O9. The molecule has 4 amide bonds. The second kappa shape index (κ2) is 27.4. The number of hydrogen-bond acceptors (Lipinski definition) is 14. The van der Waals surface area contributed by atoms with Crippen LogP contribution >= 0.6 is 0 Å². The summed E-state index contributed by atoms with van der Waals surface area (Å²) in [5.74, 6) is -3.07. The fraction of sp³-hybridized carbons (Fsp3) is 0.518. The zero-order valence-corrected chi connectivity index (χ0v) is 47.4. The molecule has 2 aliphatic heterocycles. The second-order valence-corrected chi connectivity index (χ2v) is 22.2. The maximum atomic E-state index is 16.0. The highest BCUT2D eigenvalue weighted by molar-refractivity contribution is 6.09. The molecule has 84 heavy (non-hydrogen) atoms. The van der Waals surface area contributed by atoms with Crippen LogP contribution in [0.3, 0.4) is 0 Å². The summed E-state index contributed by atoms with van der Waals surface area (Å²) < 4.78 is 160. The lowest BCUT2D eigenvalue weighted by Gasteiger charge is -2.41. The van der Waals surface area contributed by atoms with Gasteiger partial charge in [0.2, 0.25) is 11.8 Å². The van der Waals surface area contributed by atoms with Gasteiger partial charge in [0.05, 0.1) is 61.6 Å². The van der Waals surface area contributed by atoms with Crippen LogP contribution in [0, 0.1) is 40.2 Å². The van der Waals surface area contributed by atoms with Crippen LogP contribution < -0.4 is 26.7 Å². The number of benzene rings is 2. The molecule has 2 aromatic carbocycles. The van der Waals surface area contributed by atoms with E-state index in [1.165, 1.54) is 24.3 Å². The molecule has 0 radical (unpaired) electrons. The van der Waals surface area contributed by atoms with Crippen molar-refractivity contribution in [2.75, 3.05) is 38.8 Å². The van der Waals surface area contributed by atoms with Gasteiger partial charge in [-0.1, -0.05) is 37.8 Å². The van der Waals surface area contributed by atoms with Gasteiger partial charge in [-0.25, -0.2) is 33.4 Å². The molecular weight excluding hydrogens is 1130 g/mol. The van der Waals surface area contributed by atoms with Crippen molar-refractivity contribution < 1.29 is 87.2 Å². The summed E-state index contributed by atoms with van der Waals surface area (Å²) in [6.45, 7) is 3.31. The number of ether oxygens (including phenoxy) is 3. The van der Waals surface area contributed by atoms with E-state index in [1.54, 1.807) is 23.2 Å². The van der Waals surface area contributed by atoms with Crippen LogP contribution in [0.1, 0.15) is 95.5 Å². The van der Waals surface area contributed by atoms with E-state index in [0.717, 1.165) is 27.1 Å². The number of nitrogens with two attached hydrogens (primary N) is 1. The number of anilines is 1. The topological polar surface area (TPSA) is 230 Å². The smallest absolute Gasteiger partial charge is 0.410 e. The van der Waals surface area contributed by atoms with Gasteiger partial charge < -0.3 is 40.6 Å². The number of pyridine rings is 1. The maximum Gasteiger partial charge on any atom is 0.410 e. The number of aliphatic hydroxyl groups excluding tert-OH is 1. The van der Waals surface area contributed by atoms with Crippen LogP contribution in [0.5, 0.6) is 0 Å². The summed E-state index contributed by atoms with van der Waals surface area (Å²) in [6, 6.07) is 6.34. The fourth-order valence-corrected chi connectivity index (χ4v) is 9.26. The number of nitrogens with zero attached hydrogens (tertiary/aromatic N) is 5. The van der Waals surface area contributed by atoms with E-state index in [-0.39, 0.29) is 23.7 Å². The zero-order chi connectivity index (χ0) is 62.9. The van der Waals surface area contributed by atoms with E-state index >= 15 is 8.78 Å². The predicted octanol–water partition coefficient (Wildman–Crippen LogP) is 7.94. The number of aliphatic imine (C=N–C) groups is 1. The number of carbonyl (C=O) groups is 5. The number of hydrogen-bond donors (Lipinski definition) is 5. The fourth-order valence-electron chi connectivity index (χ4n) is 9.26. The van der Waals surface area contributed by atoms with Crippen molar-refractivity contribution in [1.82, 2.24) is 31.0 Å². The van der Waals surface area contributed by atoms with Crippen molar-refractivity contribution in [2.45, 2.75) is 135 Å². The number of methoxy groups -OCH3 is 2. The van der Waals surface area contributed by atoms with Gasteiger partial charge >= 0.3 is 37.1 Å². The van der Waals surface area contributed by atoms with Crippen molar-refractivity contribution in [2.24, 2.45) is 27.5 Å². The SMILES string of the molecule is COC(=O)C[C@H](C(=O)NN(Cc1c(F)cc(C(C=NC(F)F)=CN)cc1F)C[C@H](O)[C@H](Cc1ccc(C#Cc2ccc(N3CC4CCC(C3)N4C(=O)OC(C)(C)C)nc2)cc1)NC(=O)[C@@H](NC(=O)OC)C(C)(C)C(F)(F)F)C(C)(C)C(F)(F)F. The Labute approximate surface area is 478 Å². The Bertz CT molecular complexity index is 2920. The number of allylic oxidation sites excluding steroid dienone is 1. The quantitative estimate of drug-likeness (QED) is 0.0138. The third-order valence-corrected chi connectivity index (χ3v) is 14.4. The van der Waals surface area contributed by atoms with Crippen molar-refractivity contribution in [1.29, 1.82) is 0 Å². The standard InChI is InChI=1S/C56H67F10N9O9/c1-52(2,3)84-51(81)75-36-17-18-37(75)28-73(27-36)44-19-16-33(25-68-44)15-12-31-10-13-32(14-11-31)20-42(70-48(79)46(71-50(80)83-9)54(6,7)56(64,65)66)43(76)30-74(72-47(78)39(23-45(77)82-8)53(4,5)55(61,62)63)29-38-40(57)21-34(22-41(38)58)35(24-67)26-69-49(59)60/h10-11,13-14,16,19,21-22,24-26,36-37,39,42-43,46,49,76H,17-18,20,23,27-30,67H2,1-9H3,(H,70,79)(H,71,80)(H,72,78)/t36?,37?,39-,42+,43+,46-/m1/s1. The third kappa shape index (κ3) is 17.2. The number of esters is 1. The van der Waals surface area contributed by atoms with E-state index in [2.05, 4.69) is 46.9 Å². The number of carbonyl (C=O) groups excluding carboxylic acids is 5. The first-order chi connectivity index (χ1) is 39.0. The van der Waals surface area contributed by atoms with Crippen LogP contribution in [-0.4, -0.2) is 145 Å². The number of halogens is 10. The monoisotopic (exact) mass is 1200 g/mol. The highest BCUT2D eigenvalue weighted by atomic mass is 19.4. The molecule has 2 aliphatic rings. The van der Waals surface area contributed by atoms with Crippen LogP contribution in [-0.2, 0) is 41.6 Å². The molecule has 18 nitrogen and oxygen atoms in total. The van der Waals surface area contributed by atoms with E-state index in [0.29, 0.717) is 87.3 Å². The van der Waals surface area contributed by atoms with Crippen molar-refractivity contribution in [3.63, 3.8) is 0 Å². The van der Waals surface area contributed by atoms with Gasteiger partial charge in [-0.15, -0.1) is 0 Å². The van der Waals surface area contributed by atoms with Crippen LogP contribution in [0.2, 0.25) is 0 Å². The van der Waals surface area contributed by atoms with E-state index in [4.69, 9.17) is 10.5 Å². The molecule has 2 saturated heterocycles. The maximum absolute atomic E-state index is 16.0. The van der Waals surface area contributed by atoms with Crippen molar-refractivity contribution >= 4 is 47.6 Å². The molecule has 6 atom stereocenters. The van der Waals surface area contributed by atoms with Gasteiger partial charge in [0.15, 0.2) is 0 Å². The average molecular weight is 1200 g/mol. The Morgan fingerprint density at radius 1 is 0.833 bits per heavy atom. The molecule has 2 bridgehead atoms. The summed E-state index contributed by atoms with van der Waals surface area (Å²) >= 11 is 0. The van der Waals surface area contributed by atoms with E-state index in [1.807, 2.05) is 26.1 Å². The molecule has 2 unspecified atom stereocenters. The van der Waals surface area contributed by atoms with Gasteiger partial charge in [-0.05, 0) is 101 Å². The Morgan fingerprint density at radius 3 is 1.90 bits per heavy atom. The Balaban J connectivity index is 1.50. The summed E-state index contributed by atoms with van der Waals surface area (Å²) in [5, 5.41) is 16.7. The summed E-state index contributed by atoms with van der Waals surface area (Å²) in [5.41, 5.74) is 0.219. The highest BCUT2D eigenvalue weighted by Crippen LogP contribution is 2.45. The lowest BCUT2D eigenvalue weighted by Crippen LogP contribution is -2.62. The number of amides is 4. The van der Waals surface area contributed by atoms with Crippen LogP contribution in [0.4, 0.5) is 59.3 Å². The molecule has 0 saturated carbocycles. The molecule has 0 spiro atoms. The molecule has 1 aromatic heterocycles. The third-order valence-electron chi connectivity index (χ3n) is 14.4. The zero-order valence-electron chi connectivity index (χ0n) is 47.4. The number of aromatic nitrogens is 1. The number of alkyl halides is 8. The minimum Gasteiger partial charge on any atom is -0.469 e. The largest absolute Gasteiger partial charge is 0.469 e. The molecule has 28 heteroatoms. The molecule has 5 rings (SSSR count). The summed E-state index contributed by atoms with van der Waals surface area (Å²) in [4.78, 5) is 77.4. The van der Waals surface area contributed by atoms with Gasteiger partial charge in [0.25, 0.3) is 0 Å². The average Bonchev–Trinajstić information content (AvgIpc) is 2.41. The van der Waals surface area contributed by atoms with Gasteiger partial charge in [-0.3, -0.25) is 24.7 Å². The summed E-state index contributed by atoms with van der Waals surface area (Å²) in [7, 11) is 1.64. The van der Waals surface area contributed by atoms with Crippen LogP contribution in [0.25, 0.3) is 5.57 Å². The first kappa shape index (κ1) is 67.1. The molecule has 3 aromatic rings. The number of rotatable bonds is 20. The van der Waals surface area contributed by atoms with Crippen molar-refractivity contribution in [3.8, 4) is 11.8 Å². The minimum atomic E-state index is -5.19. The Morgan fingerprint density at radius 2 is 1.40 bits per heavy atom. The molecule has 460 valence electrons. The number of nitrogens with one attached hydrogen (secondary N) is 3. The number of fused-ring (bicyclic) bond motifs is 2. The first-order valence-electron chi connectivity index (χ1n) is 26.1. The van der Waals surface area contributed by atoms with E-state index < -0.39 is 138 Å². The second-order valence-electron chi connectivity index (χ2n) is 22.2. The molecule has 2 fully saturated rings. The van der Waals surface area contributed by atoms with E-state index in [9.17, 15) is 64.2 Å². The highest BCUT2D eigenvalue weighted by Gasteiger charge is 2.57. The van der Waals surface area contributed by atoms with Gasteiger partial charge in [-0.2, -0.15) is 35.1 Å². The summed E-state index contributed by atoms with van der Waals surface area (Å²) in [6.07, 6.45) is -11.7. The Hall–Kier alpha value is -7.67. The molecule has 0 aliphatic carbocycles. The number of alkyl carbamates (subject to hydrolysis) is 1. The molecule has 3 heterocycles. The number of piperazine rings is 1. The predicted molar refractivity (Wildman–Crippen MR) is 286 cm³/mol. The molecule has 6 N–H and O–H groups in total. The van der Waals surface area contributed by atoms with Gasteiger partial charge in [0.1, 0.15) is 29.1 Å². The first-order valence-corrected chi connectivity index (χ1v) is 26.1. The lowest BCUT2D eigenvalue weighted by molar-refractivity contribution is -0.231. The van der Waals surface area contributed by atoms with Crippen LogP contribution in [0.15, 0.2) is 65.9 Å². The number of aliphatic hydroxyl groups is 1. The minimum absolute atomic E-state index is 0.0584. The lowest BCUT2D eigenvalue weighted by atomic mass is 9.75. The van der Waals surface area contributed by atoms with Gasteiger partial charge in [0, 0.05) is 67.1 Å². The normalized spacial score (nSPS) is 17.5. The Kier molecular flexibility index (Phi) is 21.9.